The molecule has 0 unspecified atom stereocenters. The van der Waals surface area contributed by atoms with E-state index in [1.807, 2.05) is 0 Å². The highest BCUT2D eigenvalue weighted by Crippen LogP contribution is 1.99. The average Bonchev–Trinajstić information content (AvgIpc) is 2.29. The molecule has 82 valence electrons. The molecule has 1 N–H and O–H groups in total. The monoisotopic (exact) mass is 203 g/mol. The smallest absolute Gasteiger partial charge is 0.000822 e. The summed E-state index contributed by atoms with van der Waals surface area (Å²) in [6.07, 6.45) is 4.46. The Kier molecular flexibility index (Phi) is 5.79. The molecule has 1 nitrogen and oxygen atoms in total. The van der Waals surface area contributed by atoms with E-state index >= 15 is 0 Å². The predicted octanol–water partition coefficient (Wildman–Crippen LogP) is 3.18. The third-order valence-electron chi connectivity index (χ3n) is 2.62. The molecule has 0 spiro atoms. The van der Waals surface area contributed by atoms with Crippen LogP contribution in [0.3, 0.4) is 0 Å². The maximum Gasteiger partial charge on any atom is -0.000822 e. The summed E-state index contributed by atoms with van der Waals surface area (Å²) in [7, 11) is 0. The largest absolute Gasteiger partial charge is 0.316 e. The van der Waals surface area contributed by atoms with Crippen LogP contribution in [0.2, 0.25) is 0 Å². The number of hydrogen-bond acceptors (Lipinski definition) is 1. The molecule has 0 aliphatic carbocycles. The van der Waals surface area contributed by atoms with Crippen molar-refractivity contribution >= 4 is 0 Å². The van der Waals surface area contributed by atoms with Gasteiger partial charge in [-0.1, -0.05) is 42.0 Å². The lowest BCUT2D eigenvalue weighted by molar-refractivity contribution is 0.679. The van der Waals surface area contributed by atoms with Crippen molar-refractivity contribution < 1.29 is 0 Å². The molecule has 0 heterocycles. The van der Waals surface area contributed by atoms with Crippen molar-refractivity contribution in [2.75, 3.05) is 13.1 Å². The number of benzene rings is 1. The summed E-state index contributed by atoms with van der Waals surface area (Å²) in [6.45, 7) is 6.43. The molecule has 0 fully saturated rings. The van der Waals surface area contributed by atoms with Crippen molar-refractivity contribution in [3.05, 3.63) is 47.5 Å². The third-order valence-corrected chi connectivity index (χ3v) is 2.62. The van der Waals surface area contributed by atoms with Crippen LogP contribution < -0.4 is 5.32 Å². The van der Waals surface area contributed by atoms with Crippen LogP contribution in [-0.2, 0) is 6.42 Å². The second kappa shape index (κ2) is 7.24. The van der Waals surface area contributed by atoms with Gasteiger partial charge in [0.05, 0.1) is 0 Å². The standard InChI is InChI=1S/C14H21N/c1-3-13(2)9-11-15-12-10-14-7-5-4-6-8-14/h3-8,15H,9-12H2,1-2H3/b13-3+. The average molecular weight is 203 g/mol. The predicted molar refractivity (Wildman–Crippen MR) is 67.1 cm³/mol. The lowest BCUT2D eigenvalue weighted by Gasteiger charge is -2.04. The lowest BCUT2D eigenvalue weighted by atomic mass is 10.1. The Morgan fingerprint density at radius 1 is 1.20 bits per heavy atom. The van der Waals surface area contributed by atoms with E-state index in [0.717, 1.165) is 25.9 Å². The van der Waals surface area contributed by atoms with E-state index in [0.29, 0.717) is 0 Å². The molecule has 0 amide bonds. The van der Waals surface area contributed by atoms with Gasteiger partial charge in [0, 0.05) is 0 Å². The number of rotatable bonds is 6. The Bertz CT molecular complexity index is 287. The van der Waals surface area contributed by atoms with Gasteiger partial charge in [-0.25, -0.2) is 0 Å². The summed E-state index contributed by atoms with van der Waals surface area (Å²) in [5.41, 5.74) is 2.87. The van der Waals surface area contributed by atoms with Crippen molar-refractivity contribution in [2.24, 2.45) is 0 Å². The molecule has 0 bridgehead atoms. The fraction of sp³-hybridized carbons (Fsp3) is 0.429. The number of nitrogens with one attached hydrogen (secondary N) is 1. The molecule has 0 saturated heterocycles. The van der Waals surface area contributed by atoms with Crippen LogP contribution in [-0.4, -0.2) is 13.1 Å². The molecule has 0 atom stereocenters. The maximum absolute atomic E-state index is 3.46. The van der Waals surface area contributed by atoms with Crippen molar-refractivity contribution in [3.63, 3.8) is 0 Å². The Balaban J connectivity index is 2.08. The van der Waals surface area contributed by atoms with Crippen LogP contribution in [0.4, 0.5) is 0 Å². The summed E-state index contributed by atoms with van der Waals surface area (Å²) in [5, 5.41) is 3.46. The summed E-state index contributed by atoms with van der Waals surface area (Å²) in [6, 6.07) is 10.6. The van der Waals surface area contributed by atoms with Crippen molar-refractivity contribution in [3.8, 4) is 0 Å². The first-order chi connectivity index (χ1) is 7.33. The fourth-order valence-corrected chi connectivity index (χ4v) is 1.43. The van der Waals surface area contributed by atoms with Gasteiger partial charge in [-0.15, -0.1) is 0 Å². The zero-order chi connectivity index (χ0) is 10.9. The Hall–Kier alpha value is -1.08. The SMILES string of the molecule is C/C=C(\C)CCNCCc1ccccc1. The Morgan fingerprint density at radius 3 is 2.60 bits per heavy atom. The fourth-order valence-electron chi connectivity index (χ4n) is 1.43. The minimum Gasteiger partial charge on any atom is -0.316 e. The van der Waals surface area contributed by atoms with E-state index in [2.05, 4.69) is 55.6 Å². The van der Waals surface area contributed by atoms with Gasteiger partial charge in [-0.3, -0.25) is 0 Å². The van der Waals surface area contributed by atoms with Crippen LogP contribution >= 0.6 is 0 Å². The summed E-state index contributed by atoms with van der Waals surface area (Å²) in [4.78, 5) is 0. The van der Waals surface area contributed by atoms with E-state index in [1.165, 1.54) is 11.1 Å². The molecule has 1 rings (SSSR count). The van der Waals surface area contributed by atoms with E-state index in [-0.39, 0.29) is 0 Å². The van der Waals surface area contributed by atoms with E-state index in [9.17, 15) is 0 Å². The highest BCUT2D eigenvalue weighted by molar-refractivity contribution is 5.14. The van der Waals surface area contributed by atoms with E-state index in [1.54, 1.807) is 0 Å². The van der Waals surface area contributed by atoms with Gasteiger partial charge in [0.25, 0.3) is 0 Å². The number of hydrogen-bond donors (Lipinski definition) is 1. The van der Waals surface area contributed by atoms with Gasteiger partial charge >= 0.3 is 0 Å². The normalized spacial score (nSPS) is 11.7. The molecule has 15 heavy (non-hydrogen) atoms. The highest BCUT2D eigenvalue weighted by Gasteiger charge is 1.92. The minimum absolute atomic E-state index is 1.07. The summed E-state index contributed by atoms with van der Waals surface area (Å²) < 4.78 is 0. The first kappa shape index (κ1) is 12.0. The lowest BCUT2D eigenvalue weighted by Crippen LogP contribution is -2.18. The molecule has 0 radical (unpaired) electrons. The minimum atomic E-state index is 1.07. The first-order valence-corrected chi connectivity index (χ1v) is 5.69. The molecular weight excluding hydrogens is 182 g/mol. The zero-order valence-electron chi connectivity index (χ0n) is 9.79. The molecule has 0 aliphatic heterocycles. The molecule has 1 aromatic rings. The van der Waals surface area contributed by atoms with Crippen molar-refractivity contribution in [2.45, 2.75) is 26.7 Å². The second-order valence-electron chi connectivity index (χ2n) is 3.87. The molecule has 0 saturated carbocycles. The van der Waals surface area contributed by atoms with Crippen LogP contribution in [0, 0.1) is 0 Å². The highest BCUT2D eigenvalue weighted by atomic mass is 14.8. The first-order valence-electron chi connectivity index (χ1n) is 5.69. The Morgan fingerprint density at radius 2 is 1.93 bits per heavy atom. The molecule has 1 aromatic carbocycles. The molecule has 0 aromatic heterocycles. The van der Waals surface area contributed by atoms with Crippen LogP contribution in [0.15, 0.2) is 42.0 Å². The summed E-state index contributed by atoms with van der Waals surface area (Å²) in [5.74, 6) is 0. The van der Waals surface area contributed by atoms with Gasteiger partial charge in [0.15, 0.2) is 0 Å². The third kappa shape index (κ3) is 5.38. The molecular formula is C14H21N. The topological polar surface area (TPSA) is 12.0 Å². The van der Waals surface area contributed by atoms with Gasteiger partial charge in [0.2, 0.25) is 0 Å². The number of allylic oxidation sites excluding steroid dienone is 1. The van der Waals surface area contributed by atoms with Gasteiger partial charge in [-0.05, 0) is 45.3 Å². The van der Waals surface area contributed by atoms with Crippen LogP contribution in [0.5, 0.6) is 0 Å². The van der Waals surface area contributed by atoms with Gasteiger partial charge < -0.3 is 5.32 Å². The van der Waals surface area contributed by atoms with E-state index in [4.69, 9.17) is 0 Å². The maximum atomic E-state index is 3.46. The Labute approximate surface area is 93.2 Å². The van der Waals surface area contributed by atoms with Crippen molar-refractivity contribution in [1.29, 1.82) is 0 Å². The van der Waals surface area contributed by atoms with Gasteiger partial charge in [0.1, 0.15) is 0 Å². The van der Waals surface area contributed by atoms with Gasteiger partial charge in [-0.2, -0.15) is 0 Å². The molecule has 1 heteroatoms. The van der Waals surface area contributed by atoms with Crippen LogP contribution in [0.1, 0.15) is 25.8 Å². The quantitative estimate of drug-likeness (QED) is 0.553. The molecule has 0 aliphatic rings. The zero-order valence-corrected chi connectivity index (χ0v) is 9.79. The van der Waals surface area contributed by atoms with Crippen molar-refractivity contribution in [1.82, 2.24) is 5.32 Å². The second-order valence-corrected chi connectivity index (χ2v) is 3.87. The van der Waals surface area contributed by atoms with E-state index < -0.39 is 0 Å². The summed E-state index contributed by atoms with van der Waals surface area (Å²) >= 11 is 0. The van der Waals surface area contributed by atoms with Crippen LogP contribution in [0.25, 0.3) is 0 Å².